The number of nitrogens with one attached hydrogen (secondary N) is 1. The Morgan fingerprint density at radius 3 is 2.62 bits per heavy atom. The van der Waals surface area contributed by atoms with E-state index in [9.17, 15) is 4.79 Å². The fourth-order valence-corrected chi connectivity index (χ4v) is 3.18. The number of rotatable bonds is 3. The Hall–Kier alpha value is -2.14. The van der Waals surface area contributed by atoms with Gasteiger partial charge in [0.05, 0.1) is 6.33 Å². The normalized spacial score (nSPS) is 17.0. The van der Waals surface area contributed by atoms with Crippen molar-refractivity contribution < 1.29 is 4.79 Å². The summed E-state index contributed by atoms with van der Waals surface area (Å²) in [5.74, 6) is 0.00572. The summed E-state index contributed by atoms with van der Waals surface area (Å²) in [5, 5.41) is 3.19. The van der Waals surface area contributed by atoms with Crippen molar-refractivity contribution >= 4 is 5.91 Å². The molecule has 128 valence electrons. The second-order valence-corrected chi connectivity index (χ2v) is 7.43. The van der Waals surface area contributed by atoms with Crippen LogP contribution in [0, 0.1) is 0 Å². The molecule has 2 aromatic rings. The minimum absolute atomic E-state index is 0.00572. The van der Waals surface area contributed by atoms with Gasteiger partial charge in [-0.1, -0.05) is 6.07 Å². The van der Waals surface area contributed by atoms with Crippen LogP contribution in [0.25, 0.3) is 5.69 Å². The highest BCUT2D eigenvalue weighted by Crippen LogP contribution is 2.20. The molecule has 0 radical (unpaired) electrons. The van der Waals surface area contributed by atoms with Crippen molar-refractivity contribution in [2.24, 2.45) is 0 Å². The van der Waals surface area contributed by atoms with E-state index in [0.717, 1.165) is 31.6 Å². The highest BCUT2D eigenvalue weighted by Gasteiger charge is 2.27. The molecule has 5 heteroatoms. The number of carbonyl (C=O) groups excluding carboxylic acids is 1. The van der Waals surface area contributed by atoms with Crippen molar-refractivity contribution in [3.8, 4) is 5.69 Å². The fraction of sp³-hybridized carbons (Fsp3) is 0.474. The summed E-state index contributed by atoms with van der Waals surface area (Å²) in [7, 11) is 0. The zero-order valence-electron chi connectivity index (χ0n) is 14.7. The van der Waals surface area contributed by atoms with Crippen LogP contribution in [0.5, 0.6) is 0 Å². The number of imidazole rings is 1. The van der Waals surface area contributed by atoms with E-state index in [1.54, 1.807) is 12.5 Å². The fourth-order valence-electron chi connectivity index (χ4n) is 3.18. The summed E-state index contributed by atoms with van der Waals surface area (Å²) in [6, 6.07) is 7.90. The first-order chi connectivity index (χ1) is 11.4. The molecule has 0 unspecified atom stereocenters. The van der Waals surface area contributed by atoms with Gasteiger partial charge in [0.2, 0.25) is 0 Å². The predicted molar refractivity (Wildman–Crippen MR) is 95.4 cm³/mol. The summed E-state index contributed by atoms with van der Waals surface area (Å²) in [6.07, 6.45) is 7.35. The highest BCUT2D eigenvalue weighted by atomic mass is 16.1. The topological polar surface area (TPSA) is 50.2 Å². The summed E-state index contributed by atoms with van der Waals surface area (Å²) >= 11 is 0. The van der Waals surface area contributed by atoms with Gasteiger partial charge in [0.1, 0.15) is 0 Å². The molecule has 5 nitrogen and oxygen atoms in total. The Balaban J connectivity index is 1.61. The summed E-state index contributed by atoms with van der Waals surface area (Å²) in [5.41, 5.74) is 1.84. The van der Waals surface area contributed by atoms with Crippen LogP contribution in [0.4, 0.5) is 0 Å². The molecule has 1 aliphatic rings. The molecule has 0 atom stereocenters. The Morgan fingerprint density at radius 2 is 2.00 bits per heavy atom. The van der Waals surface area contributed by atoms with Gasteiger partial charge in [-0.15, -0.1) is 0 Å². The van der Waals surface area contributed by atoms with Crippen LogP contribution < -0.4 is 5.32 Å². The molecule has 24 heavy (non-hydrogen) atoms. The monoisotopic (exact) mass is 326 g/mol. The predicted octanol–water partition coefficient (Wildman–Crippen LogP) is 2.87. The third kappa shape index (κ3) is 3.85. The number of nitrogens with zero attached hydrogens (tertiary/aromatic N) is 3. The maximum absolute atomic E-state index is 12.6. The zero-order chi connectivity index (χ0) is 17.2. The van der Waals surface area contributed by atoms with Gasteiger partial charge < -0.3 is 9.88 Å². The molecular weight excluding hydrogens is 300 g/mol. The van der Waals surface area contributed by atoms with Crippen molar-refractivity contribution in [3.63, 3.8) is 0 Å². The average molecular weight is 326 g/mol. The van der Waals surface area contributed by atoms with E-state index in [1.165, 1.54) is 0 Å². The lowest BCUT2D eigenvalue weighted by atomic mass is 9.98. The van der Waals surface area contributed by atoms with Crippen LogP contribution >= 0.6 is 0 Å². The van der Waals surface area contributed by atoms with Crippen LogP contribution in [-0.2, 0) is 0 Å². The molecule has 1 aliphatic heterocycles. The molecule has 1 saturated heterocycles. The van der Waals surface area contributed by atoms with Gasteiger partial charge in [-0.2, -0.15) is 0 Å². The first-order valence-corrected chi connectivity index (χ1v) is 8.58. The van der Waals surface area contributed by atoms with Crippen LogP contribution in [-0.4, -0.2) is 45.0 Å². The van der Waals surface area contributed by atoms with Gasteiger partial charge in [0, 0.05) is 48.3 Å². The van der Waals surface area contributed by atoms with E-state index >= 15 is 0 Å². The Kier molecular flexibility index (Phi) is 4.71. The van der Waals surface area contributed by atoms with Gasteiger partial charge in [-0.25, -0.2) is 4.98 Å². The van der Waals surface area contributed by atoms with Gasteiger partial charge in [-0.3, -0.25) is 9.69 Å². The standard InChI is InChI=1S/C19H26N4O/c1-19(2,3)23-10-7-16(8-11-23)21-18(24)15-5-4-6-17(13-15)22-12-9-20-14-22/h4-6,9,12-14,16H,7-8,10-11H2,1-3H3,(H,21,24). The van der Waals surface area contributed by atoms with Crippen LogP contribution in [0.1, 0.15) is 44.0 Å². The third-order valence-electron chi connectivity index (χ3n) is 4.69. The van der Waals surface area contributed by atoms with E-state index in [2.05, 4.69) is 36.0 Å². The molecule has 0 bridgehead atoms. The lowest BCUT2D eigenvalue weighted by Gasteiger charge is -2.41. The van der Waals surface area contributed by atoms with Crippen molar-refractivity contribution in [2.45, 2.75) is 45.2 Å². The smallest absolute Gasteiger partial charge is 0.251 e. The van der Waals surface area contributed by atoms with E-state index in [-0.39, 0.29) is 17.5 Å². The maximum atomic E-state index is 12.6. The summed E-state index contributed by atoms with van der Waals surface area (Å²) in [6.45, 7) is 8.79. The molecular formula is C19H26N4O. The van der Waals surface area contributed by atoms with Gasteiger partial charge in [0.15, 0.2) is 0 Å². The molecule has 3 rings (SSSR count). The van der Waals surface area contributed by atoms with Crippen LogP contribution in [0.2, 0.25) is 0 Å². The molecule has 0 saturated carbocycles. The minimum atomic E-state index is 0.00572. The quantitative estimate of drug-likeness (QED) is 0.943. The van der Waals surface area contributed by atoms with E-state index in [1.807, 2.05) is 35.0 Å². The van der Waals surface area contributed by atoms with Gasteiger partial charge >= 0.3 is 0 Å². The number of amides is 1. The molecule has 1 amide bonds. The number of likely N-dealkylation sites (tertiary alicyclic amines) is 1. The first-order valence-electron chi connectivity index (χ1n) is 8.58. The van der Waals surface area contributed by atoms with E-state index in [4.69, 9.17) is 0 Å². The minimum Gasteiger partial charge on any atom is -0.349 e. The average Bonchev–Trinajstić information content (AvgIpc) is 3.09. The summed E-state index contributed by atoms with van der Waals surface area (Å²) in [4.78, 5) is 19.1. The molecule has 0 spiro atoms. The SMILES string of the molecule is CC(C)(C)N1CCC(NC(=O)c2cccc(-n3ccnc3)c2)CC1. The zero-order valence-corrected chi connectivity index (χ0v) is 14.7. The molecule has 1 fully saturated rings. The lowest BCUT2D eigenvalue weighted by Crippen LogP contribution is -2.50. The van der Waals surface area contributed by atoms with Crippen LogP contribution in [0.15, 0.2) is 43.0 Å². The Morgan fingerprint density at radius 1 is 1.25 bits per heavy atom. The van der Waals surface area contributed by atoms with Crippen molar-refractivity contribution in [1.82, 2.24) is 19.8 Å². The Bertz CT molecular complexity index is 680. The van der Waals surface area contributed by atoms with Crippen molar-refractivity contribution in [1.29, 1.82) is 0 Å². The number of benzene rings is 1. The van der Waals surface area contributed by atoms with Crippen molar-refractivity contribution in [2.75, 3.05) is 13.1 Å². The molecule has 1 aromatic heterocycles. The van der Waals surface area contributed by atoms with Crippen LogP contribution in [0.3, 0.4) is 0 Å². The third-order valence-corrected chi connectivity index (χ3v) is 4.69. The van der Waals surface area contributed by atoms with E-state index in [0.29, 0.717) is 5.56 Å². The summed E-state index contributed by atoms with van der Waals surface area (Å²) < 4.78 is 1.90. The number of hydrogen-bond donors (Lipinski definition) is 1. The number of hydrogen-bond acceptors (Lipinski definition) is 3. The maximum Gasteiger partial charge on any atom is 0.251 e. The Labute approximate surface area is 143 Å². The van der Waals surface area contributed by atoms with Gasteiger partial charge in [-0.05, 0) is 51.8 Å². The molecule has 1 aromatic carbocycles. The second-order valence-electron chi connectivity index (χ2n) is 7.43. The highest BCUT2D eigenvalue weighted by molar-refractivity contribution is 5.94. The first kappa shape index (κ1) is 16.7. The molecule has 1 N–H and O–H groups in total. The number of aromatic nitrogens is 2. The second kappa shape index (κ2) is 6.77. The molecule has 2 heterocycles. The van der Waals surface area contributed by atoms with Gasteiger partial charge in [0.25, 0.3) is 5.91 Å². The van der Waals surface area contributed by atoms with E-state index < -0.39 is 0 Å². The van der Waals surface area contributed by atoms with Crippen molar-refractivity contribution in [3.05, 3.63) is 48.5 Å². The number of carbonyl (C=O) groups is 1. The largest absolute Gasteiger partial charge is 0.349 e. The number of piperidine rings is 1. The molecule has 0 aliphatic carbocycles. The lowest BCUT2D eigenvalue weighted by molar-refractivity contribution is 0.0812.